The lowest BCUT2D eigenvalue weighted by molar-refractivity contribution is -0.125. The lowest BCUT2D eigenvalue weighted by Gasteiger charge is -2.28. The number of rotatable bonds is 3. The quantitative estimate of drug-likeness (QED) is 0.881. The first kappa shape index (κ1) is 14.2. The molecule has 2 N–H and O–H groups in total. The Balaban J connectivity index is 1.73. The summed E-state index contributed by atoms with van der Waals surface area (Å²) >= 11 is 0. The zero-order valence-electron chi connectivity index (χ0n) is 12.1. The fourth-order valence-corrected chi connectivity index (χ4v) is 2.38. The van der Waals surface area contributed by atoms with Crippen LogP contribution < -0.4 is 10.6 Å². The molecule has 0 bridgehead atoms. The molecule has 7 heteroatoms. The Hall–Kier alpha value is -2.70. The lowest BCUT2D eigenvalue weighted by atomic mass is 9.94. The molecule has 7 nitrogen and oxygen atoms in total. The maximum Gasteiger partial charge on any atom is 0.309 e. The van der Waals surface area contributed by atoms with Crippen molar-refractivity contribution in [2.45, 2.75) is 19.4 Å². The topological polar surface area (TPSA) is 97.1 Å². The second kappa shape index (κ2) is 5.97. The van der Waals surface area contributed by atoms with E-state index >= 15 is 0 Å². The average molecular weight is 300 g/mol. The SMILES string of the molecule is CC1CCNC(=O)C1NC(=O)c1nnc(-c2ccccc2)o1. The average Bonchev–Trinajstić information content (AvgIpc) is 3.02. The number of nitrogens with zero attached hydrogens (tertiary/aromatic N) is 2. The highest BCUT2D eigenvalue weighted by molar-refractivity contribution is 5.94. The molecule has 1 fully saturated rings. The van der Waals surface area contributed by atoms with Crippen molar-refractivity contribution in [2.24, 2.45) is 5.92 Å². The van der Waals surface area contributed by atoms with Crippen molar-refractivity contribution in [3.63, 3.8) is 0 Å². The highest BCUT2D eigenvalue weighted by Crippen LogP contribution is 2.17. The molecule has 0 aliphatic carbocycles. The number of nitrogens with one attached hydrogen (secondary N) is 2. The first-order valence-electron chi connectivity index (χ1n) is 7.12. The molecule has 3 rings (SSSR count). The van der Waals surface area contributed by atoms with Crippen LogP contribution in [0.1, 0.15) is 24.0 Å². The maximum atomic E-state index is 12.2. The summed E-state index contributed by atoms with van der Waals surface area (Å²) in [5, 5.41) is 13.0. The summed E-state index contributed by atoms with van der Waals surface area (Å²) < 4.78 is 5.38. The van der Waals surface area contributed by atoms with Crippen molar-refractivity contribution in [1.29, 1.82) is 0 Å². The predicted octanol–water partition coefficient (Wildman–Crippen LogP) is 0.991. The molecule has 1 aromatic carbocycles. The highest BCUT2D eigenvalue weighted by Gasteiger charge is 2.31. The van der Waals surface area contributed by atoms with E-state index in [1.807, 2.05) is 37.3 Å². The number of benzene rings is 1. The van der Waals surface area contributed by atoms with Gasteiger partial charge in [-0.25, -0.2) is 0 Å². The number of aromatic nitrogens is 2. The predicted molar refractivity (Wildman–Crippen MR) is 77.8 cm³/mol. The summed E-state index contributed by atoms with van der Waals surface area (Å²) in [4.78, 5) is 24.0. The van der Waals surface area contributed by atoms with Gasteiger partial charge in [0.05, 0.1) is 0 Å². The summed E-state index contributed by atoms with van der Waals surface area (Å²) in [7, 11) is 0. The van der Waals surface area contributed by atoms with Crippen LogP contribution in [-0.2, 0) is 4.79 Å². The Morgan fingerprint density at radius 1 is 1.32 bits per heavy atom. The molecule has 1 aromatic heterocycles. The minimum Gasteiger partial charge on any atom is -0.412 e. The van der Waals surface area contributed by atoms with Crippen LogP contribution in [0.5, 0.6) is 0 Å². The Morgan fingerprint density at radius 2 is 2.09 bits per heavy atom. The molecular weight excluding hydrogens is 284 g/mol. The Bertz CT molecular complexity index is 683. The number of hydrogen-bond acceptors (Lipinski definition) is 5. The van der Waals surface area contributed by atoms with E-state index in [2.05, 4.69) is 20.8 Å². The molecule has 1 aliphatic heterocycles. The minimum atomic E-state index is -0.576. The van der Waals surface area contributed by atoms with Crippen molar-refractivity contribution >= 4 is 11.8 Å². The fourth-order valence-electron chi connectivity index (χ4n) is 2.38. The maximum absolute atomic E-state index is 12.2. The van der Waals surface area contributed by atoms with Crippen molar-refractivity contribution < 1.29 is 14.0 Å². The molecule has 0 radical (unpaired) electrons. The normalized spacial score (nSPS) is 21.2. The van der Waals surface area contributed by atoms with E-state index in [1.54, 1.807) is 0 Å². The van der Waals surface area contributed by atoms with Gasteiger partial charge in [0.2, 0.25) is 11.8 Å². The third-order valence-electron chi connectivity index (χ3n) is 3.68. The lowest BCUT2D eigenvalue weighted by Crippen LogP contribution is -2.54. The second-order valence-corrected chi connectivity index (χ2v) is 5.29. The van der Waals surface area contributed by atoms with Gasteiger partial charge in [0.1, 0.15) is 6.04 Å². The van der Waals surface area contributed by atoms with E-state index in [9.17, 15) is 9.59 Å². The molecule has 0 spiro atoms. The molecule has 2 unspecified atom stereocenters. The number of piperidine rings is 1. The van der Waals surface area contributed by atoms with Crippen LogP contribution in [0.25, 0.3) is 11.5 Å². The third kappa shape index (κ3) is 2.83. The Labute approximate surface area is 127 Å². The van der Waals surface area contributed by atoms with Crippen LogP contribution in [-0.4, -0.2) is 34.6 Å². The van der Waals surface area contributed by atoms with Gasteiger partial charge in [0.15, 0.2) is 0 Å². The number of amides is 2. The molecule has 0 saturated carbocycles. The van der Waals surface area contributed by atoms with E-state index in [1.165, 1.54) is 0 Å². The zero-order valence-corrected chi connectivity index (χ0v) is 12.1. The van der Waals surface area contributed by atoms with Crippen molar-refractivity contribution in [1.82, 2.24) is 20.8 Å². The smallest absolute Gasteiger partial charge is 0.309 e. The van der Waals surface area contributed by atoms with E-state index in [4.69, 9.17) is 4.42 Å². The molecule has 2 aromatic rings. The first-order chi connectivity index (χ1) is 10.6. The van der Waals surface area contributed by atoms with Gasteiger partial charge in [-0.1, -0.05) is 25.1 Å². The first-order valence-corrected chi connectivity index (χ1v) is 7.12. The standard InChI is InChI=1S/C15H16N4O3/c1-9-7-8-16-12(20)11(9)17-13(21)15-19-18-14(22-15)10-5-3-2-4-6-10/h2-6,9,11H,7-8H2,1H3,(H,16,20)(H,17,21). The Kier molecular flexibility index (Phi) is 3.86. The van der Waals surface area contributed by atoms with Crippen molar-refractivity contribution in [2.75, 3.05) is 6.54 Å². The van der Waals surface area contributed by atoms with E-state index < -0.39 is 11.9 Å². The van der Waals surface area contributed by atoms with Gasteiger partial charge < -0.3 is 15.1 Å². The van der Waals surface area contributed by atoms with Gasteiger partial charge in [0.25, 0.3) is 0 Å². The zero-order chi connectivity index (χ0) is 15.5. The second-order valence-electron chi connectivity index (χ2n) is 5.29. The molecule has 2 heterocycles. The van der Waals surface area contributed by atoms with Crippen LogP contribution in [0.2, 0.25) is 0 Å². The van der Waals surface area contributed by atoms with Gasteiger partial charge in [-0.15, -0.1) is 10.2 Å². The molecule has 1 saturated heterocycles. The molecule has 2 amide bonds. The van der Waals surface area contributed by atoms with Crippen LogP contribution in [0.4, 0.5) is 0 Å². The molecular formula is C15H16N4O3. The molecule has 2 atom stereocenters. The van der Waals surface area contributed by atoms with Gasteiger partial charge in [-0.3, -0.25) is 9.59 Å². The third-order valence-corrected chi connectivity index (χ3v) is 3.68. The Morgan fingerprint density at radius 3 is 2.82 bits per heavy atom. The molecule has 1 aliphatic rings. The molecule has 22 heavy (non-hydrogen) atoms. The van der Waals surface area contributed by atoms with E-state index in [0.717, 1.165) is 12.0 Å². The van der Waals surface area contributed by atoms with Gasteiger partial charge in [0, 0.05) is 12.1 Å². The summed E-state index contributed by atoms with van der Waals surface area (Å²) in [5.74, 6) is -0.538. The van der Waals surface area contributed by atoms with Crippen LogP contribution in [0, 0.1) is 5.92 Å². The largest absolute Gasteiger partial charge is 0.412 e. The van der Waals surface area contributed by atoms with Gasteiger partial charge in [-0.05, 0) is 24.5 Å². The van der Waals surface area contributed by atoms with Crippen molar-refractivity contribution in [3.05, 3.63) is 36.2 Å². The summed E-state index contributed by atoms with van der Waals surface area (Å²) in [6.07, 6.45) is 0.815. The summed E-state index contributed by atoms with van der Waals surface area (Å²) in [5.41, 5.74) is 0.734. The number of hydrogen-bond donors (Lipinski definition) is 2. The monoisotopic (exact) mass is 300 g/mol. The van der Waals surface area contributed by atoms with Gasteiger partial charge in [-0.2, -0.15) is 0 Å². The number of carbonyl (C=O) groups excluding carboxylic acids is 2. The van der Waals surface area contributed by atoms with Crippen LogP contribution >= 0.6 is 0 Å². The molecule has 114 valence electrons. The highest BCUT2D eigenvalue weighted by atomic mass is 16.4. The number of carbonyl (C=O) groups is 2. The minimum absolute atomic E-state index is 0.0641. The van der Waals surface area contributed by atoms with Crippen LogP contribution in [0.3, 0.4) is 0 Å². The van der Waals surface area contributed by atoms with Gasteiger partial charge >= 0.3 is 11.8 Å². The summed E-state index contributed by atoms with van der Waals surface area (Å²) in [6, 6.07) is 8.60. The van der Waals surface area contributed by atoms with Crippen LogP contribution in [0.15, 0.2) is 34.7 Å². The fraction of sp³-hybridized carbons (Fsp3) is 0.333. The van der Waals surface area contributed by atoms with E-state index in [0.29, 0.717) is 6.54 Å². The summed E-state index contributed by atoms with van der Waals surface area (Å²) in [6.45, 7) is 2.55. The van der Waals surface area contributed by atoms with Crippen molar-refractivity contribution in [3.8, 4) is 11.5 Å². The van der Waals surface area contributed by atoms with E-state index in [-0.39, 0.29) is 23.6 Å².